The standard InChI is InChI=1S/C16H18N4S/c1-2-19-9-7-12(11-19)20-15-13(5-3-8-17-15)18-16(20)14-6-4-10-21-14/h3-6,8,10,12H,2,7,9,11H2,1H3. The zero-order valence-corrected chi connectivity index (χ0v) is 12.9. The molecule has 1 aliphatic rings. The van der Waals surface area contributed by atoms with Crippen molar-refractivity contribution in [1.29, 1.82) is 0 Å². The third-order valence-corrected chi connectivity index (χ3v) is 5.12. The van der Waals surface area contributed by atoms with Gasteiger partial charge in [0.1, 0.15) is 5.52 Å². The van der Waals surface area contributed by atoms with Crippen LogP contribution >= 0.6 is 11.3 Å². The molecular weight excluding hydrogens is 280 g/mol. The smallest absolute Gasteiger partial charge is 0.160 e. The number of thiophene rings is 1. The highest BCUT2D eigenvalue weighted by Crippen LogP contribution is 2.33. The molecule has 0 N–H and O–H groups in total. The van der Waals surface area contributed by atoms with E-state index >= 15 is 0 Å². The highest BCUT2D eigenvalue weighted by atomic mass is 32.1. The average molecular weight is 298 g/mol. The molecule has 4 nitrogen and oxygen atoms in total. The minimum Gasteiger partial charge on any atom is -0.304 e. The van der Waals surface area contributed by atoms with Gasteiger partial charge in [-0.2, -0.15) is 0 Å². The van der Waals surface area contributed by atoms with E-state index in [0.29, 0.717) is 6.04 Å². The Balaban J connectivity index is 1.87. The first-order valence-electron chi connectivity index (χ1n) is 7.46. The Morgan fingerprint density at radius 2 is 2.29 bits per heavy atom. The van der Waals surface area contributed by atoms with Crippen molar-refractivity contribution >= 4 is 22.5 Å². The van der Waals surface area contributed by atoms with Gasteiger partial charge in [-0.15, -0.1) is 11.3 Å². The van der Waals surface area contributed by atoms with Crippen LogP contribution in [0.3, 0.4) is 0 Å². The summed E-state index contributed by atoms with van der Waals surface area (Å²) in [7, 11) is 0. The monoisotopic (exact) mass is 298 g/mol. The Morgan fingerprint density at radius 3 is 3.05 bits per heavy atom. The van der Waals surface area contributed by atoms with Crippen molar-refractivity contribution in [2.24, 2.45) is 0 Å². The number of imidazole rings is 1. The topological polar surface area (TPSA) is 34.0 Å². The molecule has 0 aliphatic carbocycles. The molecule has 21 heavy (non-hydrogen) atoms. The quantitative estimate of drug-likeness (QED) is 0.743. The second-order valence-electron chi connectivity index (χ2n) is 5.46. The molecule has 1 fully saturated rings. The van der Waals surface area contributed by atoms with Gasteiger partial charge in [0, 0.05) is 19.3 Å². The highest BCUT2D eigenvalue weighted by molar-refractivity contribution is 7.13. The predicted octanol–water partition coefficient (Wildman–Crippen LogP) is 3.43. The number of hydrogen-bond acceptors (Lipinski definition) is 4. The molecule has 108 valence electrons. The van der Waals surface area contributed by atoms with Gasteiger partial charge in [-0.1, -0.05) is 13.0 Å². The van der Waals surface area contributed by atoms with E-state index in [1.165, 1.54) is 11.3 Å². The lowest BCUT2D eigenvalue weighted by atomic mass is 10.2. The van der Waals surface area contributed by atoms with Gasteiger partial charge in [0.15, 0.2) is 11.5 Å². The van der Waals surface area contributed by atoms with Gasteiger partial charge in [0.2, 0.25) is 0 Å². The van der Waals surface area contributed by atoms with Crippen LogP contribution in [0.2, 0.25) is 0 Å². The van der Waals surface area contributed by atoms with Crippen molar-refractivity contribution in [1.82, 2.24) is 19.4 Å². The molecule has 0 spiro atoms. The summed E-state index contributed by atoms with van der Waals surface area (Å²) in [5.74, 6) is 1.07. The van der Waals surface area contributed by atoms with E-state index in [2.05, 4.69) is 45.0 Å². The summed E-state index contributed by atoms with van der Waals surface area (Å²) in [5.41, 5.74) is 2.01. The SMILES string of the molecule is CCN1CCC(n2c(-c3cccs3)nc3cccnc32)C1. The van der Waals surface area contributed by atoms with Crippen LogP contribution in [0.4, 0.5) is 0 Å². The first kappa shape index (κ1) is 13.0. The lowest BCUT2D eigenvalue weighted by molar-refractivity contribution is 0.343. The molecule has 1 atom stereocenters. The van der Waals surface area contributed by atoms with Gasteiger partial charge in [0.05, 0.1) is 10.9 Å². The summed E-state index contributed by atoms with van der Waals surface area (Å²) in [6.07, 6.45) is 3.04. The summed E-state index contributed by atoms with van der Waals surface area (Å²) in [4.78, 5) is 13.2. The van der Waals surface area contributed by atoms with Gasteiger partial charge in [-0.05, 0) is 36.5 Å². The zero-order valence-electron chi connectivity index (χ0n) is 12.1. The highest BCUT2D eigenvalue weighted by Gasteiger charge is 2.27. The Bertz CT molecular complexity index is 747. The summed E-state index contributed by atoms with van der Waals surface area (Å²) in [6, 6.07) is 8.73. The minimum atomic E-state index is 0.474. The number of likely N-dealkylation sites (N-methyl/N-ethyl adjacent to an activating group) is 1. The van der Waals surface area contributed by atoms with E-state index in [9.17, 15) is 0 Å². The third-order valence-electron chi connectivity index (χ3n) is 4.25. The summed E-state index contributed by atoms with van der Waals surface area (Å²) in [6.45, 7) is 5.60. The molecule has 3 aromatic heterocycles. The maximum atomic E-state index is 4.84. The molecule has 1 saturated heterocycles. The largest absolute Gasteiger partial charge is 0.304 e. The van der Waals surface area contributed by atoms with Gasteiger partial charge in [0.25, 0.3) is 0 Å². The first-order valence-corrected chi connectivity index (χ1v) is 8.34. The number of fused-ring (bicyclic) bond motifs is 1. The van der Waals surface area contributed by atoms with Gasteiger partial charge in [-0.25, -0.2) is 9.97 Å². The van der Waals surface area contributed by atoms with Gasteiger partial charge >= 0.3 is 0 Å². The Morgan fingerprint density at radius 1 is 1.33 bits per heavy atom. The number of likely N-dealkylation sites (tertiary alicyclic amines) is 1. The Hall–Kier alpha value is -1.72. The molecular formula is C16H18N4S. The van der Waals surface area contributed by atoms with E-state index in [1.807, 2.05) is 12.3 Å². The van der Waals surface area contributed by atoms with E-state index in [-0.39, 0.29) is 0 Å². The van der Waals surface area contributed by atoms with Crippen LogP contribution in [0.15, 0.2) is 35.8 Å². The van der Waals surface area contributed by atoms with E-state index in [0.717, 1.165) is 36.6 Å². The van der Waals surface area contributed by atoms with Crippen molar-refractivity contribution in [3.8, 4) is 10.7 Å². The van der Waals surface area contributed by atoms with Crippen molar-refractivity contribution in [2.45, 2.75) is 19.4 Å². The maximum absolute atomic E-state index is 4.84. The van der Waals surface area contributed by atoms with Crippen molar-refractivity contribution < 1.29 is 0 Å². The summed E-state index contributed by atoms with van der Waals surface area (Å²) in [5, 5.41) is 2.11. The molecule has 3 aromatic rings. The van der Waals surface area contributed by atoms with Crippen LogP contribution in [-0.2, 0) is 0 Å². The van der Waals surface area contributed by atoms with Gasteiger partial charge < -0.3 is 9.47 Å². The number of pyridine rings is 1. The number of hydrogen-bond donors (Lipinski definition) is 0. The molecule has 0 radical (unpaired) electrons. The van der Waals surface area contributed by atoms with Gasteiger partial charge in [-0.3, -0.25) is 0 Å². The molecule has 0 saturated carbocycles. The van der Waals surface area contributed by atoms with Crippen molar-refractivity contribution in [2.75, 3.05) is 19.6 Å². The fourth-order valence-electron chi connectivity index (χ4n) is 3.17. The molecule has 0 bridgehead atoms. The van der Waals surface area contributed by atoms with Crippen molar-refractivity contribution in [3.05, 3.63) is 35.8 Å². The van der Waals surface area contributed by atoms with Crippen LogP contribution in [0.1, 0.15) is 19.4 Å². The number of rotatable bonds is 3. The van der Waals surface area contributed by atoms with Crippen LogP contribution in [0, 0.1) is 0 Å². The molecule has 1 unspecified atom stereocenters. The fourth-order valence-corrected chi connectivity index (χ4v) is 3.88. The first-order chi connectivity index (χ1) is 10.4. The van der Waals surface area contributed by atoms with Crippen LogP contribution in [-0.4, -0.2) is 39.1 Å². The van der Waals surface area contributed by atoms with E-state index < -0.39 is 0 Å². The molecule has 5 heteroatoms. The second kappa shape index (κ2) is 5.24. The van der Waals surface area contributed by atoms with E-state index in [4.69, 9.17) is 4.98 Å². The number of aromatic nitrogens is 3. The average Bonchev–Trinajstić information content (AvgIpc) is 3.24. The summed E-state index contributed by atoms with van der Waals surface area (Å²) < 4.78 is 2.36. The molecule has 4 rings (SSSR count). The Kier molecular flexibility index (Phi) is 3.24. The van der Waals surface area contributed by atoms with Crippen LogP contribution in [0.5, 0.6) is 0 Å². The van der Waals surface area contributed by atoms with E-state index in [1.54, 1.807) is 11.3 Å². The minimum absolute atomic E-state index is 0.474. The number of nitrogens with zero attached hydrogens (tertiary/aromatic N) is 4. The van der Waals surface area contributed by atoms with Crippen LogP contribution < -0.4 is 0 Å². The molecule has 0 amide bonds. The fraction of sp³-hybridized carbons (Fsp3) is 0.375. The zero-order chi connectivity index (χ0) is 14.2. The summed E-state index contributed by atoms with van der Waals surface area (Å²) >= 11 is 1.75. The lowest BCUT2D eigenvalue weighted by Crippen LogP contribution is -2.21. The third kappa shape index (κ3) is 2.17. The predicted molar refractivity (Wildman–Crippen MR) is 86.6 cm³/mol. The molecule has 0 aromatic carbocycles. The molecule has 4 heterocycles. The second-order valence-corrected chi connectivity index (χ2v) is 6.41. The Labute approximate surface area is 128 Å². The lowest BCUT2D eigenvalue weighted by Gasteiger charge is -2.16. The molecule has 1 aliphatic heterocycles. The normalized spacial score (nSPS) is 19.6. The van der Waals surface area contributed by atoms with Crippen LogP contribution in [0.25, 0.3) is 21.9 Å². The maximum Gasteiger partial charge on any atom is 0.160 e. The van der Waals surface area contributed by atoms with Crippen molar-refractivity contribution in [3.63, 3.8) is 0 Å².